The van der Waals surface area contributed by atoms with Crippen LogP contribution in [0.25, 0.3) is 0 Å². The highest BCUT2D eigenvalue weighted by atomic mass is 32.2. The number of carbonyl (C=O) groups excluding carboxylic acids is 1. The van der Waals surface area contributed by atoms with Crippen LogP contribution in [-0.2, 0) is 14.6 Å². The van der Waals surface area contributed by atoms with Crippen LogP contribution in [0, 0.1) is 0 Å². The fourth-order valence-electron chi connectivity index (χ4n) is 2.29. The number of ketones is 1. The van der Waals surface area contributed by atoms with Crippen LogP contribution in [0.15, 0.2) is 60.7 Å². The second-order valence-electron chi connectivity index (χ2n) is 5.10. The van der Waals surface area contributed by atoms with Crippen molar-refractivity contribution in [2.45, 2.75) is 12.3 Å². The first-order valence-corrected chi connectivity index (χ1v) is 8.84. The predicted molar refractivity (Wildman–Crippen MR) is 84.1 cm³/mol. The van der Waals surface area contributed by atoms with Crippen molar-refractivity contribution < 1.29 is 13.2 Å². The lowest BCUT2D eigenvalue weighted by Crippen LogP contribution is -2.18. The van der Waals surface area contributed by atoms with Crippen LogP contribution in [0.5, 0.6) is 0 Å². The maximum atomic E-state index is 12.5. The summed E-state index contributed by atoms with van der Waals surface area (Å²) in [5.74, 6) is -0.589. The van der Waals surface area contributed by atoms with Crippen LogP contribution in [0.2, 0.25) is 0 Å². The quantitative estimate of drug-likeness (QED) is 0.824. The van der Waals surface area contributed by atoms with Gasteiger partial charge in [0.25, 0.3) is 0 Å². The third-order valence-electron chi connectivity index (χ3n) is 3.31. The number of hydrogen-bond donors (Lipinski definition) is 0. The molecule has 0 saturated carbocycles. The maximum absolute atomic E-state index is 12.5. The van der Waals surface area contributed by atoms with E-state index in [1.165, 1.54) is 0 Å². The first-order valence-electron chi connectivity index (χ1n) is 6.78. The SMILES string of the molecule is CS(=O)(=O)CCC(=O)C(c1ccccc1)c1ccccc1. The fourth-order valence-corrected chi connectivity index (χ4v) is 2.86. The molecule has 0 heterocycles. The Bertz CT molecular complexity index is 652. The van der Waals surface area contributed by atoms with Gasteiger partial charge in [-0.05, 0) is 11.1 Å². The molecule has 0 atom stereocenters. The van der Waals surface area contributed by atoms with Crippen molar-refractivity contribution in [2.24, 2.45) is 0 Å². The Morgan fingerprint density at radius 2 is 1.33 bits per heavy atom. The van der Waals surface area contributed by atoms with Gasteiger partial charge in [0.05, 0.1) is 11.7 Å². The third kappa shape index (κ3) is 4.53. The molecule has 3 nitrogen and oxygen atoms in total. The van der Waals surface area contributed by atoms with Gasteiger partial charge < -0.3 is 0 Å². The van der Waals surface area contributed by atoms with Crippen LogP contribution >= 0.6 is 0 Å². The minimum atomic E-state index is -3.14. The molecule has 2 aromatic carbocycles. The van der Waals surface area contributed by atoms with Crippen molar-refractivity contribution in [3.05, 3.63) is 71.8 Å². The summed E-state index contributed by atoms with van der Waals surface area (Å²) in [5, 5.41) is 0. The van der Waals surface area contributed by atoms with E-state index in [1.807, 2.05) is 60.7 Å². The summed E-state index contributed by atoms with van der Waals surface area (Å²) < 4.78 is 22.6. The third-order valence-corrected chi connectivity index (χ3v) is 4.25. The molecular formula is C17H18O3S. The molecular weight excluding hydrogens is 284 g/mol. The number of benzene rings is 2. The average Bonchev–Trinajstić information content (AvgIpc) is 2.47. The van der Waals surface area contributed by atoms with E-state index in [0.29, 0.717) is 0 Å². The summed E-state index contributed by atoms with van der Waals surface area (Å²) in [6.07, 6.45) is 1.19. The molecule has 0 aliphatic carbocycles. The molecule has 21 heavy (non-hydrogen) atoms. The minimum absolute atomic E-state index is 0.0350. The Kier molecular flexibility index (Phi) is 4.91. The van der Waals surface area contributed by atoms with Crippen LogP contribution in [0.4, 0.5) is 0 Å². The monoisotopic (exact) mass is 302 g/mol. The van der Waals surface area contributed by atoms with Crippen molar-refractivity contribution >= 4 is 15.6 Å². The molecule has 2 rings (SSSR count). The Morgan fingerprint density at radius 3 is 1.71 bits per heavy atom. The molecule has 0 aliphatic rings. The topological polar surface area (TPSA) is 51.2 Å². The number of rotatable bonds is 6. The summed E-state index contributed by atoms with van der Waals surface area (Å²) in [5.41, 5.74) is 1.78. The van der Waals surface area contributed by atoms with Crippen molar-refractivity contribution in [3.8, 4) is 0 Å². The Labute approximate surface area is 125 Å². The zero-order valence-electron chi connectivity index (χ0n) is 11.9. The summed E-state index contributed by atoms with van der Waals surface area (Å²) in [4.78, 5) is 12.5. The number of sulfone groups is 1. The van der Waals surface area contributed by atoms with Crippen LogP contribution in [0.3, 0.4) is 0 Å². The van der Waals surface area contributed by atoms with E-state index in [0.717, 1.165) is 17.4 Å². The molecule has 0 aliphatic heterocycles. The standard InChI is InChI=1S/C17H18O3S/c1-21(19,20)13-12-16(18)17(14-8-4-2-5-9-14)15-10-6-3-7-11-15/h2-11,17H,12-13H2,1H3. The molecule has 0 bridgehead atoms. The molecule has 110 valence electrons. The first kappa shape index (κ1) is 15.4. The van der Waals surface area contributed by atoms with E-state index < -0.39 is 15.8 Å². The molecule has 0 unspecified atom stereocenters. The largest absolute Gasteiger partial charge is 0.299 e. The van der Waals surface area contributed by atoms with Gasteiger partial charge in [0.2, 0.25) is 0 Å². The Balaban J connectivity index is 2.31. The summed E-state index contributed by atoms with van der Waals surface area (Å²) in [7, 11) is -3.14. The highest BCUT2D eigenvalue weighted by Gasteiger charge is 2.23. The molecule has 2 aromatic rings. The van der Waals surface area contributed by atoms with E-state index in [4.69, 9.17) is 0 Å². The molecule has 0 fully saturated rings. The molecule has 4 heteroatoms. The molecule has 0 aromatic heterocycles. The highest BCUT2D eigenvalue weighted by Crippen LogP contribution is 2.26. The number of Topliss-reactive ketones (excluding diaryl/α,β-unsaturated/α-hetero) is 1. The average molecular weight is 302 g/mol. The fraction of sp³-hybridized carbons (Fsp3) is 0.235. The van der Waals surface area contributed by atoms with Crippen LogP contribution in [-0.4, -0.2) is 26.2 Å². The predicted octanol–water partition coefficient (Wildman–Crippen LogP) is 2.82. The second-order valence-corrected chi connectivity index (χ2v) is 7.36. The molecule has 0 spiro atoms. The summed E-state index contributed by atoms with van der Waals surface area (Å²) in [6.45, 7) is 0. The van der Waals surface area contributed by atoms with E-state index in [-0.39, 0.29) is 18.0 Å². The van der Waals surface area contributed by atoms with Gasteiger partial charge >= 0.3 is 0 Å². The molecule has 0 amide bonds. The molecule has 0 N–H and O–H groups in total. The molecule has 0 saturated heterocycles. The lowest BCUT2D eigenvalue weighted by molar-refractivity contribution is -0.119. The van der Waals surface area contributed by atoms with E-state index >= 15 is 0 Å². The summed E-state index contributed by atoms with van der Waals surface area (Å²) >= 11 is 0. The maximum Gasteiger partial charge on any atom is 0.147 e. The van der Waals surface area contributed by atoms with Crippen molar-refractivity contribution in [3.63, 3.8) is 0 Å². The molecule has 0 radical (unpaired) electrons. The highest BCUT2D eigenvalue weighted by molar-refractivity contribution is 7.90. The van der Waals surface area contributed by atoms with E-state index in [9.17, 15) is 13.2 Å². The van der Waals surface area contributed by atoms with Crippen LogP contribution < -0.4 is 0 Å². The minimum Gasteiger partial charge on any atom is -0.299 e. The van der Waals surface area contributed by atoms with Crippen molar-refractivity contribution in [1.29, 1.82) is 0 Å². The van der Waals surface area contributed by atoms with E-state index in [1.54, 1.807) is 0 Å². The van der Waals surface area contributed by atoms with Crippen LogP contribution in [0.1, 0.15) is 23.5 Å². The lowest BCUT2D eigenvalue weighted by Gasteiger charge is -2.16. The Hall–Kier alpha value is -1.94. The van der Waals surface area contributed by atoms with Gasteiger partial charge in [-0.1, -0.05) is 60.7 Å². The van der Waals surface area contributed by atoms with Gasteiger partial charge in [-0.25, -0.2) is 8.42 Å². The van der Waals surface area contributed by atoms with Crippen molar-refractivity contribution in [1.82, 2.24) is 0 Å². The normalized spacial score (nSPS) is 11.5. The van der Waals surface area contributed by atoms with Gasteiger partial charge in [0.1, 0.15) is 15.6 Å². The zero-order valence-corrected chi connectivity index (χ0v) is 12.7. The smallest absolute Gasteiger partial charge is 0.147 e. The summed E-state index contributed by atoms with van der Waals surface area (Å²) in [6, 6.07) is 18.9. The first-order chi connectivity index (χ1) is 9.97. The van der Waals surface area contributed by atoms with Gasteiger partial charge in [-0.15, -0.1) is 0 Å². The number of carbonyl (C=O) groups is 1. The Morgan fingerprint density at radius 1 is 0.905 bits per heavy atom. The van der Waals surface area contributed by atoms with Crippen molar-refractivity contribution in [2.75, 3.05) is 12.0 Å². The van der Waals surface area contributed by atoms with Gasteiger partial charge in [0.15, 0.2) is 0 Å². The number of hydrogen-bond acceptors (Lipinski definition) is 3. The van der Waals surface area contributed by atoms with Gasteiger partial charge in [-0.2, -0.15) is 0 Å². The lowest BCUT2D eigenvalue weighted by atomic mass is 9.87. The van der Waals surface area contributed by atoms with Gasteiger partial charge in [-0.3, -0.25) is 4.79 Å². The van der Waals surface area contributed by atoms with Gasteiger partial charge in [0, 0.05) is 12.7 Å². The zero-order chi connectivity index (χ0) is 15.3. The van der Waals surface area contributed by atoms with E-state index in [2.05, 4.69) is 0 Å². The second kappa shape index (κ2) is 6.68.